The van der Waals surface area contributed by atoms with E-state index in [0.717, 1.165) is 43.4 Å². The van der Waals surface area contributed by atoms with Gasteiger partial charge in [0, 0.05) is 11.1 Å². The van der Waals surface area contributed by atoms with Crippen LogP contribution in [0.2, 0.25) is 0 Å². The van der Waals surface area contributed by atoms with E-state index < -0.39 is 17.3 Å². The van der Waals surface area contributed by atoms with Crippen molar-refractivity contribution >= 4 is 11.6 Å². The molecule has 2 aromatic rings. The molecule has 0 radical (unpaired) electrons. The lowest BCUT2D eigenvalue weighted by atomic mass is 9.84. The van der Waals surface area contributed by atoms with E-state index in [2.05, 4.69) is 0 Å². The number of ketones is 2. The number of halogens is 3. The van der Waals surface area contributed by atoms with Crippen molar-refractivity contribution in [1.82, 2.24) is 0 Å². The second kappa shape index (κ2) is 7.25. The van der Waals surface area contributed by atoms with E-state index in [-0.39, 0.29) is 29.5 Å². The molecule has 0 aromatic heterocycles. The highest BCUT2D eigenvalue weighted by molar-refractivity contribution is 6.12. The Hall–Kier alpha value is -2.63. The Bertz CT molecular complexity index is 998. The van der Waals surface area contributed by atoms with Gasteiger partial charge in [0.15, 0.2) is 11.6 Å². The molecule has 0 unspecified atom stereocenters. The Morgan fingerprint density at radius 2 is 1.70 bits per heavy atom. The first kappa shape index (κ1) is 20.6. The Balaban J connectivity index is 1.79. The van der Waals surface area contributed by atoms with Gasteiger partial charge in [0.1, 0.15) is 11.4 Å². The molecular weight excluding hydrogens is 393 g/mol. The van der Waals surface area contributed by atoms with Crippen LogP contribution in [0.1, 0.15) is 89.3 Å². The smallest absolute Gasteiger partial charge is 0.416 e. The molecule has 0 amide bonds. The molecule has 4 rings (SSSR count). The van der Waals surface area contributed by atoms with Crippen molar-refractivity contribution in [2.24, 2.45) is 0 Å². The molecule has 158 valence electrons. The van der Waals surface area contributed by atoms with E-state index in [1.54, 1.807) is 12.1 Å². The molecule has 3 nitrogen and oxygen atoms in total. The van der Waals surface area contributed by atoms with Gasteiger partial charge in [-0.25, -0.2) is 0 Å². The summed E-state index contributed by atoms with van der Waals surface area (Å²) >= 11 is 0. The summed E-state index contributed by atoms with van der Waals surface area (Å²) < 4.78 is 44.6. The number of hydrogen-bond acceptors (Lipinski definition) is 3. The summed E-state index contributed by atoms with van der Waals surface area (Å²) in [6.45, 7) is 3.70. The van der Waals surface area contributed by atoms with E-state index in [1.165, 1.54) is 12.1 Å². The molecule has 1 fully saturated rings. The second-order valence-electron chi connectivity index (χ2n) is 8.78. The average Bonchev–Trinajstić information content (AvgIpc) is 3.20. The van der Waals surface area contributed by atoms with E-state index in [4.69, 9.17) is 4.74 Å². The van der Waals surface area contributed by atoms with Crippen molar-refractivity contribution in [1.29, 1.82) is 0 Å². The van der Waals surface area contributed by atoms with Crippen molar-refractivity contribution < 1.29 is 27.5 Å². The molecule has 6 heteroatoms. The van der Waals surface area contributed by atoms with Crippen molar-refractivity contribution in [2.45, 2.75) is 63.6 Å². The first-order valence-corrected chi connectivity index (χ1v) is 10.2. The Labute approximate surface area is 173 Å². The fourth-order valence-corrected chi connectivity index (χ4v) is 4.45. The van der Waals surface area contributed by atoms with Crippen LogP contribution in [0, 0.1) is 0 Å². The highest BCUT2D eigenvalue weighted by Crippen LogP contribution is 2.42. The zero-order valence-corrected chi connectivity index (χ0v) is 16.9. The predicted octanol–water partition coefficient (Wildman–Crippen LogP) is 6.34. The van der Waals surface area contributed by atoms with Crippen LogP contribution in [-0.2, 0) is 6.18 Å². The summed E-state index contributed by atoms with van der Waals surface area (Å²) in [6, 6.07) is 7.62. The zero-order valence-electron chi connectivity index (χ0n) is 16.9. The van der Waals surface area contributed by atoms with Gasteiger partial charge < -0.3 is 4.74 Å². The van der Waals surface area contributed by atoms with Gasteiger partial charge in [-0.05, 0) is 62.4 Å². The van der Waals surface area contributed by atoms with Crippen molar-refractivity contribution in [3.8, 4) is 5.75 Å². The molecule has 0 N–H and O–H groups in total. The van der Waals surface area contributed by atoms with Gasteiger partial charge >= 0.3 is 6.18 Å². The second-order valence-corrected chi connectivity index (χ2v) is 8.78. The third-order valence-electron chi connectivity index (χ3n) is 5.94. The molecule has 1 heterocycles. The molecule has 2 aliphatic rings. The predicted molar refractivity (Wildman–Crippen MR) is 106 cm³/mol. The van der Waals surface area contributed by atoms with E-state index in [0.29, 0.717) is 16.9 Å². The molecule has 1 aliphatic heterocycles. The van der Waals surface area contributed by atoms with Crippen molar-refractivity contribution in [2.75, 3.05) is 0 Å². The Kier molecular flexibility index (Phi) is 4.99. The topological polar surface area (TPSA) is 43.4 Å². The SMILES string of the molecule is CC1(C)CC(=O)c2cc(C(=O)c3ccc(C(F)(F)F)cc3)c(C3CCCC3)cc2O1. The van der Waals surface area contributed by atoms with Gasteiger partial charge in [-0.3, -0.25) is 9.59 Å². The van der Waals surface area contributed by atoms with Crippen LogP contribution < -0.4 is 4.74 Å². The first-order valence-electron chi connectivity index (χ1n) is 10.2. The molecular formula is C24H23F3O3. The average molecular weight is 416 g/mol. The molecule has 1 saturated carbocycles. The number of hydrogen-bond donors (Lipinski definition) is 0. The number of ether oxygens (including phenoxy) is 1. The molecule has 2 aromatic carbocycles. The molecule has 30 heavy (non-hydrogen) atoms. The summed E-state index contributed by atoms with van der Waals surface area (Å²) in [7, 11) is 0. The fraction of sp³-hybridized carbons (Fsp3) is 0.417. The maximum absolute atomic E-state index is 13.3. The van der Waals surface area contributed by atoms with Crippen LogP contribution in [-0.4, -0.2) is 17.2 Å². The first-order chi connectivity index (χ1) is 14.0. The largest absolute Gasteiger partial charge is 0.487 e. The Morgan fingerprint density at radius 1 is 1.07 bits per heavy atom. The van der Waals surface area contributed by atoms with Gasteiger partial charge in [-0.15, -0.1) is 0 Å². The molecule has 0 atom stereocenters. The van der Waals surface area contributed by atoms with Gasteiger partial charge in [0.05, 0.1) is 17.5 Å². The normalized spacial score (nSPS) is 18.8. The Morgan fingerprint density at radius 3 is 2.30 bits per heavy atom. The number of Topliss-reactive ketones (excluding diaryl/α,β-unsaturated/α-hetero) is 1. The third-order valence-corrected chi connectivity index (χ3v) is 5.94. The van der Waals surface area contributed by atoms with E-state index in [1.807, 2.05) is 13.8 Å². The van der Waals surface area contributed by atoms with Gasteiger partial charge in [-0.1, -0.05) is 25.0 Å². The number of carbonyl (C=O) groups is 2. The minimum Gasteiger partial charge on any atom is -0.487 e. The lowest BCUT2D eigenvalue weighted by Crippen LogP contribution is -2.36. The number of alkyl halides is 3. The van der Waals surface area contributed by atoms with Crippen LogP contribution >= 0.6 is 0 Å². The van der Waals surface area contributed by atoms with E-state index in [9.17, 15) is 22.8 Å². The third kappa shape index (κ3) is 3.87. The summed E-state index contributed by atoms with van der Waals surface area (Å²) in [4.78, 5) is 26.0. The number of benzene rings is 2. The maximum atomic E-state index is 13.3. The maximum Gasteiger partial charge on any atom is 0.416 e. The summed E-state index contributed by atoms with van der Waals surface area (Å²) in [6.07, 6.45) is -0.273. The monoisotopic (exact) mass is 416 g/mol. The van der Waals surface area contributed by atoms with Crippen molar-refractivity contribution in [3.63, 3.8) is 0 Å². The van der Waals surface area contributed by atoms with Crippen LogP contribution in [0.5, 0.6) is 5.75 Å². The summed E-state index contributed by atoms with van der Waals surface area (Å²) in [5.74, 6) is 0.196. The molecule has 0 saturated heterocycles. The number of rotatable bonds is 3. The van der Waals surface area contributed by atoms with Crippen LogP contribution in [0.4, 0.5) is 13.2 Å². The van der Waals surface area contributed by atoms with Crippen LogP contribution in [0.15, 0.2) is 36.4 Å². The highest BCUT2D eigenvalue weighted by atomic mass is 19.4. The van der Waals surface area contributed by atoms with Crippen molar-refractivity contribution in [3.05, 3.63) is 64.2 Å². The highest BCUT2D eigenvalue weighted by Gasteiger charge is 2.35. The molecule has 0 bridgehead atoms. The molecule has 0 spiro atoms. The number of fused-ring (bicyclic) bond motifs is 1. The minimum atomic E-state index is -4.46. The van der Waals surface area contributed by atoms with Gasteiger partial charge in [-0.2, -0.15) is 13.2 Å². The zero-order chi connectivity index (χ0) is 21.7. The summed E-state index contributed by atoms with van der Waals surface area (Å²) in [5, 5.41) is 0. The van der Waals surface area contributed by atoms with Crippen LogP contribution in [0.3, 0.4) is 0 Å². The summed E-state index contributed by atoms with van der Waals surface area (Å²) in [5.41, 5.74) is 0.332. The fourth-order valence-electron chi connectivity index (χ4n) is 4.45. The lowest BCUT2D eigenvalue weighted by Gasteiger charge is -2.32. The van der Waals surface area contributed by atoms with Gasteiger partial charge in [0.2, 0.25) is 0 Å². The van der Waals surface area contributed by atoms with E-state index >= 15 is 0 Å². The molecule has 1 aliphatic carbocycles. The standard InChI is InChI=1S/C24H23F3O3/c1-23(2)13-20(28)19-11-18(17(12-21(19)30-23)14-5-3-4-6-14)22(29)15-7-9-16(10-8-15)24(25,26)27/h7-12,14H,3-6,13H2,1-2H3. The minimum absolute atomic E-state index is 0.0966. The quantitative estimate of drug-likeness (QED) is 0.549. The number of carbonyl (C=O) groups excluding carboxylic acids is 2. The van der Waals surface area contributed by atoms with Gasteiger partial charge in [0.25, 0.3) is 0 Å². The van der Waals surface area contributed by atoms with Crippen LogP contribution in [0.25, 0.3) is 0 Å². The lowest BCUT2D eigenvalue weighted by molar-refractivity contribution is -0.137.